The fraction of sp³-hybridized carbons (Fsp3) is 0.562. The third-order valence-corrected chi connectivity index (χ3v) is 4.99. The van der Waals surface area contributed by atoms with Crippen LogP contribution in [-0.2, 0) is 10.2 Å². The van der Waals surface area contributed by atoms with Crippen LogP contribution in [0, 0.1) is 5.92 Å². The summed E-state index contributed by atoms with van der Waals surface area (Å²) in [5.74, 6) is 0.699. The zero-order chi connectivity index (χ0) is 14.2. The second-order valence-corrected chi connectivity index (χ2v) is 6.90. The van der Waals surface area contributed by atoms with Gasteiger partial charge in [0.1, 0.15) is 5.75 Å². The van der Waals surface area contributed by atoms with Gasteiger partial charge in [0.15, 0.2) is 0 Å². The quantitative estimate of drug-likeness (QED) is 0.877. The number of carboxylic acid groups (broad SMARTS) is 1. The zero-order valence-electron chi connectivity index (χ0n) is 11.4. The van der Waals surface area contributed by atoms with Crippen LogP contribution in [0.3, 0.4) is 0 Å². The van der Waals surface area contributed by atoms with Crippen LogP contribution >= 0.6 is 15.9 Å². The van der Waals surface area contributed by atoms with Crippen LogP contribution in [-0.4, -0.2) is 17.7 Å². The molecule has 0 heterocycles. The topological polar surface area (TPSA) is 46.5 Å². The van der Waals surface area contributed by atoms with Crippen LogP contribution in [0.25, 0.3) is 0 Å². The van der Waals surface area contributed by atoms with Crippen LogP contribution in [0.4, 0.5) is 0 Å². The molecule has 108 valence electrons. The lowest BCUT2D eigenvalue weighted by molar-refractivity contribution is -0.143. The fourth-order valence-electron chi connectivity index (χ4n) is 3.07. The van der Waals surface area contributed by atoms with Gasteiger partial charge < -0.3 is 9.84 Å². The van der Waals surface area contributed by atoms with Crippen LogP contribution in [0.5, 0.6) is 5.75 Å². The van der Waals surface area contributed by atoms with Crippen LogP contribution < -0.4 is 4.74 Å². The van der Waals surface area contributed by atoms with Crippen molar-refractivity contribution in [2.24, 2.45) is 5.92 Å². The Hall–Kier alpha value is -1.03. The third kappa shape index (κ3) is 2.58. The van der Waals surface area contributed by atoms with E-state index in [2.05, 4.69) is 15.9 Å². The molecule has 2 fully saturated rings. The van der Waals surface area contributed by atoms with Gasteiger partial charge >= 0.3 is 5.97 Å². The number of carboxylic acids is 1. The van der Waals surface area contributed by atoms with Crippen molar-refractivity contribution in [3.05, 3.63) is 28.2 Å². The lowest BCUT2D eigenvalue weighted by Crippen LogP contribution is -2.33. The second kappa shape index (κ2) is 5.40. The number of carbonyl (C=O) groups is 1. The van der Waals surface area contributed by atoms with Crippen LogP contribution in [0.2, 0.25) is 0 Å². The van der Waals surface area contributed by atoms with Crippen LogP contribution in [0.15, 0.2) is 22.7 Å². The molecule has 0 radical (unpaired) electrons. The molecule has 20 heavy (non-hydrogen) atoms. The Bertz CT molecular complexity index is 516. The summed E-state index contributed by atoms with van der Waals surface area (Å²) in [6, 6.07) is 5.77. The molecular formula is C16H19BrO3. The van der Waals surface area contributed by atoms with Crippen molar-refractivity contribution in [3.8, 4) is 5.75 Å². The Morgan fingerprint density at radius 1 is 1.35 bits per heavy atom. The molecule has 2 aliphatic carbocycles. The molecule has 2 aliphatic rings. The minimum absolute atomic E-state index is 0.663. The minimum Gasteiger partial charge on any atom is -0.493 e. The van der Waals surface area contributed by atoms with Gasteiger partial charge in [-0.3, -0.25) is 4.79 Å². The molecular weight excluding hydrogens is 320 g/mol. The van der Waals surface area contributed by atoms with E-state index in [9.17, 15) is 9.90 Å². The predicted octanol–water partition coefficient (Wildman–Crippen LogP) is 4.13. The molecule has 3 nitrogen and oxygen atoms in total. The van der Waals surface area contributed by atoms with Crippen molar-refractivity contribution >= 4 is 21.9 Å². The molecule has 0 aromatic heterocycles. The van der Waals surface area contributed by atoms with Crippen molar-refractivity contribution in [3.63, 3.8) is 0 Å². The van der Waals surface area contributed by atoms with Gasteiger partial charge in [0.25, 0.3) is 0 Å². The molecule has 0 unspecified atom stereocenters. The molecule has 4 heteroatoms. The average molecular weight is 339 g/mol. The van der Waals surface area contributed by atoms with E-state index in [1.165, 1.54) is 12.8 Å². The molecule has 1 N–H and O–H groups in total. The van der Waals surface area contributed by atoms with Crippen molar-refractivity contribution in [2.75, 3.05) is 6.61 Å². The van der Waals surface area contributed by atoms with E-state index in [0.29, 0.717) is 25.4 Å². The highest BCUT2D eigenvalue weighted by atomic mass is 79.9. The average Bonchev–Trinajstić information content (AvgIpc) is 3.11. The summed E-state index contributed by atoms with van der Waals surface area (Å²) in [5.41, 5.74) is 0.0837. The van der Waals surface area contributed by atoms with Gasteiger partial charge in [-0.05, 0) is 49.8 Å². The Labute approximate surface area is 127 Å². The molecule has 1 aromatic carbocycles. The van der Waals surface area contributed by atoms with Gasteiger partial charge in [0.2, 0.25) is 0 Å². The maximum Gasteiger partial charge on any atom is 0.314 e. The summed E-state index contributed by atoms with van der Waals surface area (Å²) in [5, 5.41) is 9.75. The van der Waals surface area contributed by atoms with Gasteiger partial charge in [0, 0.05) is 10.0 Å². The standard InChI is InChI=1S/C16H19BrO3/c17-12-5-6-14(20-10-11-3-4-11)13(9-12)16(15(18)19)7-1-2-8-16/h5-6,9,11H,1-4,7-8,10H2,(H,18,19). The number of ether oxygens (including phenoxy) is 1. The first-order valence-electron chi connectivity index (χ1n) is 7.28. The first-order chi connectivity index (χ1) is 9.62. The summed E-state index contributed by atoms with van der Waals surface area (Å²) in [4.78, 5) is 11.9. The van der Waals surface area contributed by atoms with Gasteiger partial charge in [-0.2, -0.15) is 0 Å². The number of halogens is 1. The van der Waals surface area contributed by atoms with E-state index in [4.69, 9.17) is 4.74 Å². The Kier molecular flexibility index (Phi) is 3.76. The first kappa shape index (κ1) is 13.9. The zero-order valence-corrected chi connectivity index (χ0v) is 13.0. The molecule has 0 aliphatic heterocycles. The number of hydrogen-bond acceptors (Lipinski definition) is 2. The van der Waals surface area contributed by atoms with E-state index in [0.717, 1.165) is 28.6 Å². The molecule has 3 rings (SSSR count). The molecule has 0 bridgehead atoms. The highest BCUT2D eigenvalue weighted by Crippen LogP contribution is 2.46. The lowest BCUT2D eigenvalue weighted by Gasteiger charge is -2.27. The second-order valence-electron chi connectivity index (χ2n) is 5.99. The third-order valence-electron chi connectivity index (χ3n) is 4.50. The van der Waals surface area contributed by atoms with Gasteiger partial charge in [0.05, 0.1) is 12.0 Å². The number of rotatable bonds is 5. The Balaban J connectivity index is 1.96. The maximum absolute atomic E-state index is 11.9. The van der Waals surface area contributed by atoms with Crippen molar-refractivity contribution < 1.29 is 14.6 Å². The van der Waals surface area contributed by atoms with Crippen molar-refractivity contribution in [1.82, 2.24) is 0 Å². The summed E-state index contributed by atoms with van der Waals surface area (Å²) in [6.07, 6.45) is 5.82. The molecule has 1 aromatic rings. The van der Waals surface area contributed by atoms with E-state index in [-0.39, 0.29) is 0 Å². The highest BCUT2D eigenvalue weighted by molar-refractivity contribution is 9.10. The molecule has 0 spiro atoms. The first-order valence-corrected chi connectivity index (χ1v) is 8.07. The number of hydrogen-bond donors (Lipinski definition) is 1. The summed E-state index contributed by atoms with van der Waals surface area (Å²) < 4.78 is 6.84. The SMILES string of the molecule is O=C(O)C1(c2cc(Br)ccc2OCC2CC2)CCCC1. The van der Waals surface area contributed by atoms with Crippen molar-refractivity contribution in [2.45, 2.75) is 43.9 Å². The Morgan fingerprint density at radius 2 is 2.05 bits per heavy atom. The maximum atomic E-state index is 11.9. The number of benzene rings is 1. The predicted molar refractivity (Wildman–Crippen MR) is 80.1 cm³/mol. The molecule has 0 atom stereocenters. The molecule has 0 saturated heterocycles. The largest absolute Gasteiger partial charge is 0.493 e. The normalized spacial score (nSPS) is 20.9. The smallest absolute Gasteiger partial charge is 0.314 e. The van der Waals surface area contributed by atoms with E-state index in [1.807, 2.05) is 18.2 Å². The monoisotopic (exact) mass is 338 g/mol. The minimum atomic E-state index is -0.761. The van der Waals surface area contributed by atoms with E-state index >= 15 is 0 Å². The highest BCUT2D eigenvalue weighted by Gasteiger charge is 2.45. The van der Waals surface area contributed by atoms with Crippen LogP contribution in [0.1, 0.15) is 44.1 Å². The lowest BCUT2D eigenvalue weighted by atomic mass is 9.78. The van der Waals surface area contributed by atoms with E-state index in [1.54, 1.807) is 0 Å². The van der Waals surface area contributed by atoms with E-state index < -0.39 is 11.4 Å². The Morgan fingerprint density at radius 3 is 2.65 bits per heavy atom. The summed E-state index contributed by atoms with van der Waals surface area (Å²) in [7, 11) is 0. The van der Waals surface area contributed by atoms with Crippen molar-refractivity contribution in [1.29, 1.82) is 0 Å². The van der Waals surface area contributed by atoms with Gasteiger partial charge in [-0.1, -0.05) is 28.8 Å². The fourth-order valence-corrected chi connectivity index (χ4v) is 3.43. The van der Waals surface area contributed by atoms with Gasteiger partial charge in [-0.25, -0.2) is 0 Å². The van der Waals surface area contributed by atoms with Gasteiger partial charge in [-0.15, -0.1) is 0 Å². The molecule has 0 amide bonds. The molecule has 2 saturated carbocycles. The summed E-state index contributed by atoms with van der Waals surface area (Å²) >= 11 is 3.46. The number of aliphatic carboxylic acids is 1. The summed E-state index contributed by atoms with van der Waals surface area (Å²) in [6.45, 7) is 0.713.